The first kappa shape index (κ1) is 22.9. The second-order valence-electron chi connectivity index (χ2n) is 8.50. The van der Waals surface area contributed by atoms with Crippen LogP contribution in [0.3, 0.4) is 0 Å². The van der Waals surface area contributed by atoms with Gasteiger partial charge in [-0.1, -0.05) is 12.1 Å². The number of esters is 1. The minimum Gasteiger partial charge on any atom is -0.466 e. The number of urea groups is 1. The van der Waals surface area contributed by atoms with Gasteiger partial charge < -0.3 is 15.0 Å². The molecule has 0 aromatic heterocycles. The number of amides is 2. The average molecular weight is 436 g/mol. The summed E-state index contributed by atoms with van der Waals surface area (Å²) < 4.78 is 5.16. The van der Waals surface area contributed by atoms with Crippen LogP contribution in [0.5, 0.6) is 0 Å². The van der Waals surface area contributed by atoms with Crippen LogP contribution in [0.25, 0.3) is 0 Å². The lowest BCUT2D eigenvalue weighted by molar-refractivity contribution is -0.149. The summed E-state index contributed by atoms with van der Waals surface area (Å²) in [5.41, 5.74) is 2.38. The van der Waals surface area contributed by atoms with Crippen LogP contribution in [-0.2, 0) is 9.53 Å². The summed E-state index contributed by atoms with van der Waals surface area (Å²) >= 11 is 0. The zero-order valence-electron chi connectivity index (χ0n) is 17.8. The van der Waals surface area contributed by atoms with Gasteiger partial charge in [-0.2, -0.15) is 0 Å². The molecule has 1 aromatic rings. The summed E-state index contributed by atoms with van der Waals surface area (Å²) in [6, 6.07) is 8.97. The van der Waals surface area contributed by atoms with E-state index in [-0.39, 0.29) is 36.4 Å². The van der Waals surface area contributed by atoms with Crippen LogP contribution in [0.2, 0.25) is 0 Å². The first-order chi connectivity index (χ1) is 14.2. The van der Waals surface area contributed by atoms with E-state index in [0.29, 0.717) is 12.5 Å². The molecule has 2 amide bonds. The first-order valence-corrected chi connectivity index (χ1v) is 11.2. The van der Waals surface area contributed by atoms with Gasteiger partial charge in [-0.3, -0.25) is 9.69 Å². The zero-order chi connectivity index (χ0) is 20.2. The molecule has 2 heterocycles. The molecular formula is C23H34ClN3O3. The SMILES string of the molecule is CCOC(=O)[C@H]1CC[C@H](N2CCN(c3ccc(C4CCNCC4)cc3)C2=O)CC1.Cl. The Labute approximate surface area is 185 Å². The van der Waals surface area contributed by atoms with Gasteiger partial charge >= 0.3 is 12.0 Å². The third-order valence-electron chi connectivity index (χ3n) is 6.81. The van der Waals surface area contributed by atoms with Crippen LogP contribution in [0.1, 0.15) is 56.9 Å². The van der Waals surface area contributed by atoms with Crippen molar-refractivity contribution in [1.82, 2.24) is 10.2 Å². The summed E-state index contributed by atoms with van der Waals surface area (Å²) in [7, 11) is 0. The maximum atomic E-state index is 13.1. The molecule has 1 aromatic carbocycles. The fourth-order valence-electron chi connectivity index (χ4n) is 5.10. The number of benzene rings is 1. The monoisotopic (exact) mass is 435 g/mol. The Bertz CT molecular complexity index is 713. The van der Waals surface area contributed by atoms with Crippen molar-refractivity contribution >= 4 is 30.1 Å². The van der Waals surface area contributed by atoms with Gasteiger partial charge in [0, 0.05) is 24.8 Å². The van der Waals surface area contributed by atoms with Crippen molar-refractivity contribution < 1.29 is 14.3 Å². The minimum absolute atomic E-state index is 0. The van der Waals surface area contributed by atoms with Crippen LogP contribution in [0.15, 0.2) is 24.3 Å². The van der Waals surface area contributed by atoms with Gasteiger partial charge in [0.15, 0.2) is 0 Å². The minimum atomic E-state index is -0.0749. The van der Waals surface area contributed by atoms with Crippen molar-refractivity contribution in [3.8, 4) is 0 Å². The molecule has 0 bridgehead atoms. The number of rotatable bonds is 5. The van der Waals surface area contributed by atoms with E-state index in [2.05, 4.69) is 29.6 Å². The third kappa shape index (κ3) is 4.92. The van der Waals surface area contributed by atoms with Gasteiger partial charge in [-0.05, 0) is 82.2 Å². The zero-order valence-corrected chi connectivity index (χ0v) is 18.7. The number of hydrogen-bond acceptors (Lipinski definition) is 4. The predicted octanol–water partition coefficient (Wildman–Crippen LogP) is 3.94. The highest BCUT2D eigenvalue weighted by Crippen LogP contribution is 2.32. The molecule has 4 rings (SSSR count). The molecule has 0 radical (unpaired) electrons. The standard InChI is InChI=1S/C23H33N3O3.ClH/c1-2-29-22(27)19-5-9-21(10-6-19)26-16-15-25(23(26)28)20-7-3-17(4-8-20)18-11-13-24-14-12-18;/h3-4,7-8,18-19,21,24H,2,5-6,9-16H2,1H3;1H/t19-,21-;. The molecule has 0 unspecified atom stereocenters. The highest BCUT2D eigenvalue weighted by Gasteiger charge is 2.37. The number of hydrogen-bond donors (Lipinski definition) is 1. The van der Waals surface area contributed by atoms with Gasteiger partial charge in [0.2, 0.25) is 0 Å². The van der Waals surface area contributed by atoms with Crippen molar-refractivity contribution in [2.45, 2.75) is 57.4 Å². The van der Waals surface area contributed by atoms with Crippen molar-refractivity contribution in [3.63, 3.8) is 0 Å². The number of ether oxygens (including phenoxy) is 1. The Morgan fingerprint density at radius 2 is 1.70 bits per heavy atom. The molecule has 3 aliphatic rings. The third-order valence-corrected chi connectivity index (χ3v) is 6.81. The smallest absolute Gasteiger partial charge is 0.324 e. The van der Waals surface area contributed by atoms with E-state index in [1.54, 1.807) is 0 Å². The van der Waals surface area contributed by atoms with E-state index < -0.39 is 0 Å². The van der Waals surface area contributed by atoms with Gasteiger partial charge in [-0.25, -0.2) is 4.79 Å². The van der Waals surface area contributed by atoms with Crippen LogP contribution in [0.4, 0.5) is 10.5 Å². The van der Waals surface area contributed by atoms with Crippen molar-refractivity contribution in [1.29, 1.82) is 0 Å². The Kier molecular flexibility index (Phi) is 8.00. The lowest BCUT2D eigenvalue weighted by atomic mass is 9.85. The fraction of sp³-hybridized carbons (Fsp3) is 0.652. The maximum Gasteiger partial charge on any atom is 0.324 e. The largest absolute Gasteiger partial charge is 0.466 e. The Balaban J connectivity index is 0.00000256. The normalized spacial score (nSPS) is 25.2. The average Bonchev–Trinajstić information content (AvgIpc) is 3.16. The molecule has 3 fully saturated rings. The lowest BCUT2D eigenvalue weighted by Crippen LogP contribution is -2.42. The van der Waals surface area contributed by atoms with E-state index in [0.717, 1.165) is 57.5 Å². The van der Waals surface area contributed by atoms with Gasteiger partial charge in [0.05, 0.1) is 12.5 Å². The summed E-state index contributed by atoms with van der Waals surface area (Å²) in [4.78, 5) is 28.9. The second kappa shape index (κ2) is 10.5. The van der Waals surface area contributed by atoms with Crippen LogP contribution in [0, 0.1) is 5.92 Å². The summed E-state index contributed by atoms with van der Waals surface area (Å²) in [6.07, 6.45) is 5.78. The molecule has 1 N–H and O–H groups in total. The van der Waals surface area contributed by atoms with Crippen LogP contribution < -0.4 is 10.2 Å². The molecule has 0 spiro atoms. The molecular weight excluding hydrogens is 402 g/mol. The van der Waals surface area contributed by atoms with Gasteiger partial charge in [0.25, 0.3) is 0 Å². The lowest BCUT2D eigenvalue weighted by Gasteiger charge is -2.33. The van der Waals surface area contributed by atoms with E-state index in [4.69, 9.17) is 4.74 Å². The molecule has 2 saturated heterocycles. The molecule has 6 nitrogen and oxygen atoms in total. The van der Waals surface area contributed by atoms with E-state index in [1.165, 1.54) is 18.4 Å². The molecule has 1 saturated carbocycles. The summed E-state index contributed by atoms with van der Waals surface area (Å²) in [6.45, 7) is 5.97. The van der Waals surface area contributed by atoms with Gasteiger partial charge in [-0.15, -0.1) is 12.4 Å². The number of anilines is 1. The van der Waals surface area contributed by atoms with Crippen molar-refractivity contribution in [2.75, 3.05) is 37.7 Å². The molecule has 30 heavy (non-hydrogen) atoms. The van der Waals surface area contributed by atoms with E-state index >= 15 is 0 Å². The van der Waals surface area contributed by atoms with Crippen molar-refractivity contribution in [3.05, 3.63) is 29.8 Å². The number of nitrogens with one attached hydrogen (secondary N) is 1. The van der Waals surface area contributed by atoms with Crippen LogP contribution in [-0.4, -0.2) is 55.7 Å². The fourth-order valence-corrected chi connectivity index (χ4v) is 5.10. The molecule has 1 aliphatic carbocycles. The van der Waals surface area contributed by atoms with Crippen molar-refractivity contribution in [2.24, 2.45) is 5.92 Å². The van der Waals surface area contributed by atoms with Gasteiger partial charge in [0.1, 0.15) is 0 Å². The maximum absolute atomic E-state index is 13.1. The number of carbonyl (C=O) groups excluding carboxylic acids is 2. The highest BCUT2D eigenvalue weighted by atomic mass is 35.5. The number of nitrogens with zero attached hydrogens (tertiary/aromatic N) is 2. The molecule has 0 atom stereocenters. The first-order valence-electron chi connectivity index (χ1n) is 11.2. The topological polar surface area (TPSA) is 61.9 Å². The number of halogens is 1. The summed E-state index contributed by atoms with van der Waals surface area (Å²) in [5, 5.41) is 3.41. The Hall–Kier alpha value is -1.79. The second-order valence-corrected chi connectivity index (χ2v) is 8.50. The summed E-state index contributed by atoms with van der Waals surface area (Å²) in [5.74, 6) is 0.558. The Morgan fingerprint density at radius 3 is 2.33 bits per heavy atom. The molecule has 166 valence electrons. The quantitative estimate of drug-likeness (QED) is 0.711. The van der Waals surface area contributed by atoms with E-state index in [1.807, 2.05) is 16.7 Å². The molecule has 2 aliphatic heterocycles. The van der Waals surface area contributed by atoms with E-state index in [9.17, 15) is 9.59 Å². The highest BCUT2D eigenvalue weighted by molar-refractivity contribution is 5.94. The van der Waals surface area contributed by atoms with Crippen LogP contribution >= 0.6 is 12.4 Å². The number of piperidine rings is 1. The molecule has 7 heteroatoms. The number of carbonyl (C=O) groups is 2. The Morgan fingerprint density at radius 1 is 1.03 bits per heavy atom. The predicted molar refractivity (Wildman–Crippen MR) is 120 cm³/mol.